The van der Waals surface area contributed by atoms with E-state index in [9.17, 15) is 4.79 Å². The van der Waals surface area contributed by atoms with Crippen LogP contribution in [0.5, 0.6) is 0 Å². The first-order valence-corrected chi connectivity index (χ1v) is 7.32. The van der Waals surface area contributed by atoms with E-state index in [-0.39, 0.29) is 11.9 Å². The van der Waals surface area contributed by atoms with E-state index >= 15 is 0 Å². The molecule has 0 aliphatic carbocycles. The molecule has 2 aromatic heterocycles. The second-order valence-corrected chi connectivity index (χ2v) is 5.69. The molecule has 3 rings (SSSR count). The molecule has 0 spiro atoms. The molecule has 1 N–H and O–H groups in total. The third-order valence-electron chi connectivity index (χ3n) is 3.19. The Hall–Kier alpha value is -2.14. The van der Waals surface area contributed by atoms with Gasteiger partial charge >= 0.3 is 0 Å². The van der Waals surface area contributed by atoms with E-state index in [1.54, 1.807) is 12.3 Å². The smallest absolute Gasteiger partial charge is 0.253 e. The van der Waals surface area contributed by atoms with Crippen molar-refractivity contribution in [2.75, 3.05) is 0 Å². The van der Waals surface area contributed by atoms with Gasteiger partial charge in [-0.25, -0.2) is 0 Å². The molecule has 5 heteroatoms. The van der Waals surface area contributed by atoms with Crippen LogP contribution in [0, 0.1) is 0 Å². The summed E-state index contributed by atoms with van der Waals surface area (Å²) in [6.45, 7) is 1.89. The summed E-state index contributed by atoms with van der Waals surface area (Å²) in [6, 6.07) is 11.2. The lowest BCUT2D eigenvalue weighted by molar-refractivity contribution is 0.0935. The van der Waals surface area contributed by atoms with Crippen molar-refractivity contribution < 1.29 is 9.21 Å². The first-order valence-electron chi connectivity index (χ1n) is 6.53. The number of rotatable bonds is 3. The normalized spacial score (nSPS) is 12.3. The first-order chi connectivity index (χ1) is 10.1. The number of amides is 1. The molecule has 21 heavy (non-hydrogen) atoms. The highest BCUT2D eigenvalue weighted by molar-refractivity contribution is 9.10. The minimum absolute atomic E-state index is 0.184. The highest BCUT2D eigenvalue weighted by Gasteiger charge is 2.15. The number of aromatic nitrogens is 1. The summed E-state index contributed by atoms with van der Waals surface area (Å²) in [4.78, 5) is 16.2. The van der Waals surface area contributed by atoms with E-state index in [0.29, 0.717) is 5.56 Å². The van der Waals surface area contributed by atoms with E-state index in [1.165, 1.54) is 6.20 Å². The Labute approximate surface area is 130 Å². The van der Waals surface area contributed by atoms with Gasteiger partial charge in [0.05, 0.1) is 11.6 Å². The van der Waals surface area contributed by atoms with Crippen LogP contribution in [0.3, 0.4) is 0 Å². The molecule has 3 aromatic rings. The monoisotopic (exact) mass is 344 g/mol. The fraction of sp³-hybridized carbons (Fsp3) is 0.125. The molecule has 0 fully saturated rings. The number of carbonyl (C=O) groups is 1. The molecule has 1 aromatic carbocycles. The average Bonchev–Trinajstić information content (AvgIpc) is 2.91. The summed E-state index contributed by atoms with van der Waals surface area (Å²) in [7, 11) is 0. The van der Waals surface area contributed by atoms with Gasteiger partial charge in [-0.15, -0.1) is 0 Å². The van der Waals surface area contributed by atoms with Gasteiger partial charge in [-0.1, -0.05) is 18.2 Å². The molecule has 1 unspecified atom stereocenters. The zero-order valence-electron chi connectivity index (χ0n) is 11.3. The van der Waals surface area contributed by atoms with Crippen molar-refractivity contribution in [3.63, 3.8) is 0 Å². The predicted molar refractivity (Wildman–Crippen MR) is 84.0 cm³/mol. The average molecular weight is 345 g/mol. The van der Waals surface area contributed by atoms with Crippen molar-refractivity contribution in [2.45, 2.75) is 13.0 Å². The Balaban J connectivity index is 1.79. The fourth-order valence-electron chi connectivity index (χ4n) is 2.10. The molecule has 4 nitrogen and oxygen atoms in total. The number of benzene rings is 1. The van der Waals surface area contributed by atoms with E-state index < -0.39 is 0 Å². The lowest BCUT2D eigenvalue weighted by Gasteiger charge is -2.11. The number of carbonyl (C=O) groups excluding carboxylic acids is 1. The van der Waals surface area contributed by atoms with Crippen LogP contribution in [0.2, 0.25) is 0 Å². The standard InChI is InChI=1S/C16H13BrN2O2/c1-10(15-7-11-4-2-3-5-14(11)21-15)19-16(20)12-6-13(17)9-18-8-12/h2-10H,1H3,(H,19,20). The number of hydrogen-bond acceptors (Lipinski definition) is 3. The van der Waals surface area contributed by atoms with Crippen molar-refractivity contribution in [2.24, 2.45) is 0 Å². The van der Waals surface area contributed by atoms with Gasteiger partial charge in [-0.2, -0.15) is 0 Å². The fourth-order valence-corrected chi connectivity index (χ4v) is 2.47. The summed E-state index contributed by atoms with van der Waals surface area (Å²) < 4.78 is 6.52. The zero-order chi connectivity index (χ0) is 14.8. The maximum atomic E-state index is 12.2. The van der Waals surface area contributed by atoms with Gasteiger partial charge < -0.3 is 9.73 Å². The van der Waals surface area contributed by atoms with Crippen molar-refractivity contribution in [3.05, 3.63) is 64.6 Å². The maximum Gasteiger partial charge on any atom is 0.253 e. The minimum atomic E-state index is -0.219. The van der Waals surface area contributed by atoms with Crippen molar-refractivity contribution in [3.8, 4) is 0 Å². The third-order valence-corrected chi connectivity index (χ3v) is 3.62. The number of para-hydroxylation sites is 1. The van der Waals surface area contributed by atoms with Crippen LogP contribution in [0.1, 0.15) is 29.1 Å². The SMILES string of the molecule is CC(NC(=O)c1cncc(Br)c1)c1cc2ccccc2o1. The Morgan fingerprint density at radius 3 is 2.86 bits per heavy atom. The third kappa shape index (κ3) is 2.97. The molecule has 0 aliphatic rings. The summed E-state index contributed by atoms with van der Waals surface area (Å²) in [5.41, 5.74) is 1.32. The van der Waals surface area contributed by atoms with Gasteiger partial charge in [0.25, 0.3) is 5.91 Å². The number of pyridine rings is 1. The molecule has 1 atom stereocenters. The van der Waals surface area contributed by atoms with Gasteiger partial charge in [0, 0.05) is 22.3 Å². The van der Waals surface area contributed by atoms with Crippen LogP contribution in [0.25, 0.3) is 11.0 Å². The van der Waals surface area contributed by atoms with E-state index in [2.05, 4.69) is 26.2 Å². The van der Waals surface area contributed by atoms with Gasteiger partial charge in [0.15, 0.2) is 0 Å². The van der Waals surface area contributed by atoms with Gasteiger partial charge in [-0.05, 0) is 41.1 Å². The van der Waals surface area contributed by atoms with Crippen molar-refractivity contribution in [1.29, 1.82) is 0 Å². The first kappa shape index (κ1) is 13.8. The molecule has 1 amide bonds. The Morgan fingerprint density at radius 1 is 1.29 bits per heavy atom. The number of nitrogens with one attached hydrogen (secondary N) is 1. The molecule has 106 valence electrons. The number of fused-ring (bicyclic) bond motifs is 1. The number of nitrogens with zero attached hydrogens (tertiary/aromatic N) is 1. The van der Waals surface area contributed by atoms with Crippen LogP contribution in [-0.2, 0) is 0 Å². The second-order valence-electron chi connectivity index (χ2n) is 4.77. The minimum Gasteiger partial charge on any atom is -0.459 e. The molecule has 2 heterocycles. The quantitative estimate of drug-likeness (QED) is 0.778. The molecular formula is C16H13BrN2O2. The number of halogens is 1. The van der Waals surface area contributed by atoms with Crippen LogP contribution in [0.4, 0.5) is 0 Å². The molecule has 0 aliphatic heterocycles. The number of furan rings is 1. The lowest BCUT2D eigenvalue weighted by atomic mass is 10.2. The van der Waals surface area contributed by atoms with Crippen molar-refractivity contribution >= 4 is 32.8 Å². The zero-order valence-corrected chi connectivity index (χ0v) is 12.9. The van der Waals surface area contributed by atoms with Gasteiger partial charge in [0.2, 0.25) is 0 Å². The Bertz CT molecular complexity index is 765. The van der Waals surface area contributed by atoms with Crippen LogP contribution < -0.4 is 5.32 Å². The lowest BCUT2D eigenvalue weighted by Crippen LogP contribution is -2.26. The largest absolute Gasteiger partial charge is 0.459 e. The van der Waals surface area contributed by atoms with E-state index in [0.717, 1.165) is 21.2 Å². The molecule has 0 radical (unpaired) electrons. The molecular weight excluding hydrogens is 332 g/mol. The highest BCUT2D eigenvalue weighted by atomic mass is 79.9. The maximum absolute atomic E-state index is 12.2. The van der Waals surface area contributed by atoms with Crippen LogP contribution >= 0.6 is 15.9 Å². The van der Waals surface area contributed by atoms with Crippen molar-refractivity contribution in [1.82, 2.24) is 10.3 Å². The predicted octanol–water partition coefficient (Wildman–Crippen LogP) is 4.08. The highest BCUT2D eigenvalue weighted by Crippen LogP contribution is 2.23. The molecule has 0 saturated heterocycles. The van der Waals surface area contributed by atoms with Crippen LogP contribution in [-0.4, -0.2) is 10.9 Å². The Morgan fingerprint density at radius 2 is 2.10 bits per heavy atom. The van der Waals surface area contributed by atoms with E-state index in [4.69, 9.17) is 4.42 Å². The molecule has 0 saturated carbocycles. The summed E-state index contributed by atoms with van der Waals surface area (Å²) >= 11 is 3.30. The summed E-state index contributed by atoms with van der Waals surface area (Å²) in [6.07, 6.45) is 3.17. The van der Waals surface area contributed by atoms with E-state index in [1.807, 2.05) is 37.3 Å². The molecule has 0 bridgehead atoms. The van der Waals surface area contributed by atoms with Gasteiger partial charge in [0.1, 0.15) is 11.3 Å². The topological polar surface area (TPSA) is 55.1 Å². The summed E-state index contributed by atoms with van der Waals surface area (Å²) in [5, 5.41) is 3.93. The van der Waals surface area contributed by atoms with Gasteiger partial charge in [-0.3, -0.25) is 9.78 Å². The van der Waals surface area contributed by atoms with Crippen LogP contribution in [0.15, 0.2) is 57.7 Å². The summed E-state index contributed by atoms with van der Waals surface area (Å²) in [5.74, 6) is 0.546. The Kier molecular flexibility index (Phi) is 3.75. The number of hydrogen-bond donors (Lipinski definition) is 1. The second kappa shape index (κ2) is 5.69.